The van der Waals surface area contributed by atoms with Crippen molar-refractivity contribution in [2.75, 3.05) is 5.73 Å². The normalized spacial score (nSPS) is 13.0. The number of nitrogens with zero attached hydrogens (tertiary/aromatic N) is 7. The molecule has 0 fully saturated rings. The van der Waals surface area contributed by atoms with Crippen molar-refractivity contribution in [2.45, 2.75) is 25.6 Å². The molecule has 8 nitrogen and oxygen atoms in total. The molecule has 0 radical (unpaired) electrons. The van der Waals surface area contributed by atoms with E-state index in [1.165, 1.54) is 12.1 Å². The lowest BCUT2D eigenvalue weighted by molar-refractivity contribution is -0.137. The van der Waals surface area contributed by atoms with Crippen molar-refractivity contribution in [2.24, 2.45) is 7.05 Å². The molecule has 1 unspecified atom stereocenters. The molecule has 1 atom stereocenters. The minimum atomic E-state index is -4.37. The largest absolute Gasteiger partial charge is 0.416 e. The summed E-state index contributed by atoms with van der Waals surface area (Å²) in [7, 11) is 1.83. The lowest BCUT2D eigenvalue weighted by Gasteiger charge is -2.17. The maximum Gasteiger partial charge on any atom is 0.416 e. The third-order valence-corrected chi connectivity index (χ3v) is 5.73. The summed E-state index contributed by atoms with van der Waals surface area (Å²) in [5.74, 6) is 0.159. The summed E-state index contributed by atoms with van der Waals surface area (Å²) in [5.41, 5.74) is 9.88. The van der Waals surface area contributed by atoms with Gasteiger partial charge in [-0.3, -0.25) is 9.36 Å². The van der Waals surface area contributed by atoms with Crippen molar-refractivity contribution >= 4 is 11.6 Å². The molecule has 0 aliphatic heterocycles. The van der Waals surface area contributed by atoms with Gasteiger partial charge in [0.15, 0.2) is 5.65 Å². The number of pyridine rings is 1. The van der Waals surface area contributed by atoms with E-state index < -0.39 is 11.7 Å². The zero-order valence-electron chi connectivity index (χ0n) is 18.4. The standard InChI is InChI=1S/C23H21F3N8/c1-3-20(14-4-6-18(7-5-14)23(24,25)26)33-13-16(9-29-33)15-8-19(17-10-28-32(2)11-17)21-30-22(27)31-34(21)12-15/h4-13,20H,3H2,1-2H3,(H2,27,31). The van der Waals surface area contributed by atoms with E-state index >= 15 is 0 Å². The summed E-state index contributed by atoms with van der Waals surface area (Å²) in [6, 6.07) is 6.98. The average molecular weight is 466 g/mol. The molecule has 5 aromatic rings. The van der Waals surface area contributed by atoms with Gasteiger partial charge < -0.3 is 5.73 Å². The quantitative estimate of drug-likeness (QED) is 0.409. The van der Waals surface area contributed by atoms with Crippen molar-refractivity contribution in [3.63, 3.8) is 0 Å². The fourth-order valence-electron chi connectivity index (χ4n) is 4.06. The molecule has 0 aliphatic carbocycles. The number of fused-ring (bicyclic) bond motifs is 1. The molecule has 34 heavy (non-hydrogen) atoms. The molecule has 5 rings (SSSR count). The fraction of sp³-hybridized carbons (Fsp3) is 0.217. The molecule has 0 amide bonds. The van der Waals surface area contributed by atoms with E-state index in [4.69, 9.17) is 5.73 Å². The van der Waals surface area contributed by atoms with Gasteiger partial charge in [-0.25, -0.2) is 4.52 Å². The van der Waals surface area contributed by atoms with E-state index in [2.05, 4.69) is 20.3 Å². The van der Waals surface area contributed by atoms with Gasteiger partial charge >= 0.3 is 6.18 Å². The highest BCUT2D eigenvalue weighted by molar-refractivity contribution is 5.81. The highest BCUT2D eigenvalue weighted by Crippen LogP contribution is 2.33. The van der Waals surface area contributed by atoms with Gasteiger partial charge in [0.2, 0.25) is 5.95 Å². The third-order valence-electron chi connectivity index (χ3n) is 5.73. The second-order valence-corrected chi connectivity index (χ2v) is 8.04. The molecule has 0 aliphatic rings. The zero-order valence-corrected chi connectivity index (χ0v) is 18.4. The number of rotatable bonds is 5. The Kier molecular flexibility index (Phi) is 5.11. The van der Waals surface area contributed by atoms with Gasteiger partial charge in [0.25, 0.3) is 0 Å². The molecule has 174 valence electrons. The number of aryl methyl sites for hydroxylation is 1. The number of halogens is 3. The van der Waals surface area contributed by atoms with Crippen LogP contribution in [0.25, 0.3) is 27.9 Å². The minimum Gasteiger partial charge on any atom is -0.366 e. The van der Waals surface area contributed by atoms with Crippen LogP contribution in [0.1, 0.15) is 30.5 Å². The van der Waals surface area contributed by atoms with E-state index in [9.17, 15) is 13.2 Å². The molecule has 2 N–H and O–H groups in total. The van der Waals surface area contributed by atoms with Gasteiger partial charge in [0.05, 0.1) is 24.0 Å². The number of hydrogen-bond donors (Lipinski definition) is 1. The number of hydrogen-bond acceptors (Lipinski definition) is 5. The Morgan fingerprint density at radius 2 is 1.71 bits per heavy atom. The van der Waals surface area contributed by atoms with Crippen LogP contribution in [0.5, 0.6) is 0 Å². The Bertz CT molecular complexity index is 1460. The molecular weight excluding hydrogens is 445 g/mol. The van der Waals surface area contributed by atoms with Crippen LogP contribution >= 0.6 is 0 Å². The Balaban J connectivity index is 1.53. The highest BCUT2D eigenvalue weighted by Gasteiger charge is 2.30. The van der Waals surface area contributed by atoms with E-state index in [1.54, 1.807) is 26.3 Å². The Labute approximate surface area is 192 Å². The van der Waals surface area contributed by atoms with Crippen LogP contribution in [0, 0.1) is 0 Å². The first kappa shape index (κ1) is 21.7. The summed E-state index contributed by atoms with van der Waals surface area (Å²) in [6.45, 7) is 1.97. The first-order chi connectivity index (χ1) is 16.2. The van der Waals surface area contributed by atoms with Gasteiger partial charge in [-0.05, 0) is 30.2 Å². The number of alkyl halides is 3. The molecule has 11 heteroatoms. The molecule has 0 spiro atoms. The Morgan fingerprint density at radius 1 is 0.971 bits per heavy atom. The molecule has 0 saturated carbocycles. The monoisotopic (exact) mass is 466 g/mol. The first-order valence-electron chi connectivity index (χ1n) is 10.6. The molecule has 4 aromatic heterocycles. The van der Waals surface area contributed by atoms with Gasteiger partial charge in [-0.15, -0.1) is 5.10 Å². The van der Waals surface area contributed by atoms with Gasteiger partial charge in [-0.1, -0.05) is 19.1 Å². The van der Waals surface area contributed by atoms with E-state index in [0.717, 1.165) is 39.9 Å². The number of benzene rings is 1. The molecule has 0 bridgehead atoms. The summed E-state index contributed by atoms with van der Waals surface area (Å²) >= 11 is 0. The second kappa shape index (κ2) is 8.01. The average Bonchev–Trinajstić information content (AvgIpc) is 3.52. The van der Waals surface area contributed by atoms with Gasteiger partial charge in [0, 0.05) is 47.9 Å². The number of nitrogens with two attached hydrogens (primary N) is 1. The maximum absolute atomic E-state index is 12.9. The lowest BCUT2D eigenvalue weighted by Crippen LogP contribution is -2.11. The van der Waals surface area contributed by atoms with Gasteiger partial charge in [0.1, 0.15) is 0 Å². The third kappa shape index (κ3) is 3.89. The second-order valence-electron chi connectivity index (χ2n) is 8.04. The maximum atomic E-state index is 12.9. The first-order valence-corrected chi connectivity index (χ1v) is 10.6. The minimum absolute atomic E-state index is 0.159. The van der Waals surface area contributed by atoms with Crippen LogP contribution in [-0.4, -0.2) is 34.2 Å². The predicted molar refractivity (Wildman–Crippen MR) is 121 cm³/mol. The number of aromatic nitrogens is 7. The van der Waals surface area contributed by atoms with Crippen LogP contribution in [0.15, 0.2) is 61.3 Å². The highest BCUT2D eigenvalue weighted by atomic mass is 19.4. The molecular formula is C23H21F3N8. The SMILES string of the molecule is CCC(c1ccc(C(F)(F)F)cc1)n1cc(-c2cc(-c3cnn(C)c3)c3nc(N)nn3c2)cn1. The molecule has 4 heterocycles. The van der Waals surface area contributed by atoms with Crippen molar-refractivity contribution in [3.8, 4) is 22.3 Å². The fourth-order valence-corrected chi connectivity index (χ4v) is 4.06. The zero-order chi connectivity index (χ0) is 24.0. The Morgan fingerprint density at radius 3 is 2.35 bits per heavy atom. The van der Waals surface area contributed by atoms with Crippen LogP contribution in [-0.2, 0) is 13.2 Å². The van der Waals surface area contributed by atoms with Gasteiger partial charge in [-0.2, -0.15) is 28.4 Å². The van der Waals surface area contributed by atoms with Crippen LogP contribution in [0.4, 0.5) is 19.1 Å². The molecule has 0 saturated heterocycles. The summed E-state index contributed by atoms with van der Waals surface area (Å²) in [6.07, 6.45) is 5.33. The van der Waals surface area contributed by atoms with E-state index in [1.807, 2.05) is 38.6 Å². The lowest BCUT2D eigenvalue weighted by atomic mass is 10.0. The van der Waals surface area contributed by atoms with E-state index in [0.29, 0.717) is 12.1 Å². The summed E-state index contributed by atoms with van der Waals surface area (Å²) in [5, 5.41) is 13.0. The number of nitrogen functional groups attached to an aromatic ring is 1. The van der Waals surface area contributed by atoms with Crippen LogP contribution in [0.3, 0.4) is 0 Å². The van der Waals surface area contributed by atoms with Crippen molar-refractivity contribution < 1.29 is 13.2 Å². The predicted octanol–water partition coefficient (Wildman–Crippen LogP) is 4.59. The smallest absolute Gasteiger partial charge is 0.366 e. The molecule has 1 aromatic carbocycles. The van der Waals surface area contributed by atoms with Crippen LogP contribution in [0.2, 0.25) is 0 Å². The van der Waals surface area contributed by atoms with Crippen molar-refractivity contribution in [1.29, 1.82) is 0 Å². The van der Waals surface area contributed by atoms with Crippen LogP contribution < -0.4 is 5.73 Å². The number of anilines is 1. The summed E-state index contributed by atoms with van der Waals surface area (Å²) < 4.78 is 43.9. The van der Waals surface area contributed by atoms with E-state index in [-0.39, 0.29) is 12.0 Å². The van der Waals surface area contributed by atoms with Crippen molar-refractivity contribution in [1.82, 2.24) is 34.2 Å². The summed E-state index contributed by atoms with van der Waals surface area (Å²) in [4.78, 5) is 4.34. The Hall–Kier alpha value is -4.15. The van der Waals surface area contributed by atoms with Crippen molar-refractivity contribution in [3.05, 3.63) is 72.4 Å². The topological polar surface area (TPSA) is 91.8 Å².